The van der Waals surface area contributed by atoms with E-state index in [9.17, 15) is 18.0 Å². The molecule has 0 bridgehead atoms. The number of anilines is 2. The standard InChI is InChI=1S/C15H17F3N6OS/c1-23(2)12-6-3-9(15(16,17)18)7-11(12)19-13(25)8-26-14-20-21-22-24(14)10-4-5-10/h3,6-7,10H,4-5,8H2,1-2H3,(H,19,25). The molecule has 1 saturated carbocycles. The van der Waals surface area contributed by atoms with Crippen LogP contribution in [0.15, 0.2) is 23.4 Å². The number of hydrogen-bond acceptors (Lipinski definition) is 6. The highest BCUT2D eigenvalue weighted by molar-refractivity contribution is 7.99. The van der Waals surface area contributed by atoms with Gasteiger partial charge in [0.15, 0.2) is 0 Å². The fourth-order valence-electron chi connectivity index (χ4n) is 2.35. The first-order valence-electron chi connectivity index (χ1n) is 7.85. The molecule has 1 aliphatic rings. The Morgan fingerprint density at radius 3 is 2.73 bits per heavy atom. The summed E-state index contributed by atoms with van der Waals surface area (Å²) in [6.45, 7) is 0. The third-order valence-electron chi connectivity index (χ3n) is 3.77. The number of carbonyl (C=O) groups is 1. The maximum atomic E-state index is 12.9. The van der Waals surface area contributed by atoms with Crippen molar-refractivity contribution in [3.63, 3.8) is 0 Å². The van der Waals surface area contributed by atoms with Crippen molar-refractivity contribution in [3.8, 4) is 0 Å². The van der Waals surface area contributed by atoms with Crippen LogP contribution in [0.2, 0.25) is 0 Å². The largest absolute Gasteiger partial charge is 0.416 e. The number of nitrogens with one attached hydrogen (secondary N) is 1. The Labute approximate surface area is 151 Å². The van der Waals surface area contributed by atoms with E-state index in [-0.39, 0.29) is 17.5 Å². The molecule has 1 aromatic carbocycles. The summed E-state index contributed by atoms with van der Waals surface area (Å²) >= 11 is 1.15. The van der Waals surface area contributed by atoms with Crippen molar-refractivity contribution in [1.82, 2.24) is 20.2 Å². The number of amides is 1. The Morgan fingerprint density at radius 1 is 1.38 bits per heavy atom. The average Bonchev–Trinajstić information content (AvgIpc) is 3.30. The van der Waals surface area contributed by atoms with Crippen LogP contribution in [0.25, 0.3) is 0 Å². The summed E-state index contributed by atoms with van der Waals surface area (Å²) in [6, 6.07) is 3.54. The Kier molecular flexibility index (Phi) is 5.08. The third kappa shape index (κ3) is 4.26. The van der Waals surface area contributed by atoms with E-state index in [1.54, 1.807) is 23.7 Å². The van der Waals surface area contributed by atoms with Crippen LogP contribution in [0.1, 0.15) is 24.4 Å². The van der Waals surface area contributed by atoms with Gasteiger partial charge in [0.2, 0.25) is 11.1 Å². The average molecular weight is 386 g/mol. The van der Waals surface area contributed by atoms with Gasteiger partial charge in [0.25, 0.3) is 0 Å². The molecule has 140 valence electrons. The second kappa shape index (κ2) is 7.14. The molecular formula is C15H17F3N6OS. The zero-order valence-corrected chi connectivity index (χ0v) is 14.9. The van der Waals surface area contributed by atoms with E-state index in [0.29, 0.717) is 10.8 Å². The molecule has 1 aliphatic carbocycles. The van der Waals surface area contributed by atoms with E-state index in [4.69, 9.17) is 0 Å². The topological polar surface area (TPSA) is 75.9 Å². The monoisotopic (exact) mass is 386 g/mol. The molecule has 26 heavy (non-hydrogen) atoms. The second-order valence-electron chi connectivity index (χ2n) is 6.10. The van der Waals surface area contributed by atoms with Gasteiger partial charge in [-0.15, -0.1) is 5.10 Å². The fraction of sp³-hybridized carbons (Fsp3) is 0.467. The van der Waals surface area contributed by atoms with Gasteiger partial charge < -0.3 is 10.2 Å². The van der Waals surface area contributed by atoms with E-state index in [2.05, 4.69) is 20.8 Å². The molecule has 7 nitrogen and oxygen atoms in total. The Balaban J connectivity index is 1.70. The van der Waals surface area contributed by atoms with Crippen LogP contribution >= 0.6 is 11.8 Å². The molecule has 11 heteroatoms. The predicted octanol–water partition coefficient (Wildman–Crippen LogP) is 2.82. The van der Waals surface area contributed by atoms with E-state index in [1.807, 2.05) is 0 Å². The van der Waals surface area contributed by atoms with Gasteiger partial charge in [-0.1, -0.05) is 11.8 Å². The van der Waals surface area contributed by atoms with Crippen molar-refractivity contribution in [1.29, 1.82) is 0 Å². The summed E-state index contributed by atoms with van der Waals surface area (Å²) in [4.78, 5) is 13.9. The molecule has 0 atom stereocenters. The third-order valence-corrected chi connectivity index (χ3v) is 4.70. The second-order valence-corrected chi connectivity index (χ2v) is 7.04. The summed E-state index contributed by atoms with van der Waals surface area (Å²) in [5.41, 5.74) is -0.222. The summed E-state index contributed by atoms with van der Waals surface area (Å²) in [6.07, 6.45) is -2.48. The van der Waals surface area contributed by atoms with Gasteiger partial charge in [-0.25, -0.2) is 4.68 Å². The molecule has 3 rings (SSSR count). The van der Waals surface area contributed by atoms with E-state index in [1.165, 1.54) is 6.07 Å². The molecule has 1 aromatic heterocycles. The molecule has 0 radical (unpaired) electrons. The van der Waals surface area contributed by atoms with Crippen LogP contribution in [-0.4, -0.2) is 46.0 Å². The van der Waals surface area contributed by atoms with Crippen LogP contribution in [0.3, 0.4) is 0 Å². The molecule has 0 aliphatic heterocycles. The summed E-state index contributed by atoms with van der Waals surface area (Å²) in [7, 11) is 3.38. The lowest BCUT2D eigenvalue weighted by Gasteiger charge is -2.19. The number of benzene rings is 1. The van der Waals surface area contributed by atoms with Gasteiger partial charge in [0.05, 0.1) is 28.7 Å². The highest BCUT2D eigenvalue weighted by Gasteiger charge is 2.31. The Hall–Kier alpha value is -2.30. The van der Waals surface area contributed by atoms with E-state index in [0.717, 1.165) is 36.7 Å². The van der Waals surface area contributed by atoms with Gasteiger partial charge in [0, 0.05) is 14.1 Å². The van der Waals surface area contributed by atoms with Gasteiger partial charge in [0.1, 0.15) is 0 Å². The van der Waals surface area contributed by atoms with Crippen molar-refractivity contribution >= 4 is 29.0 Å². The number of hydrogen-bond donors (Lipinski definition) is 1. The van der Waals surface area contributed by atoms with Crippen LogP contribution < -0.4 is 10.2 Å². The first-order valence-corrected chi connectivity index (χ1v) is 8.83. The molecular weight excluding hydrogens is 369 g/mol. The minimum Gasteiger partial charge on any atom is -0.376 e. The number of thioether (sulfide) groups is 1. The van der Waals surface area contributed by atoms with Crippen LogP contribution in [-0.2, 0) is 11.0 Å². The number of carbonyl (C=O) groups excluding carboxylic acids is 1. The summed E-state index contributed by atoms with van der Waals surface area (Å²) in [5.74, 6) is -0.432. The number of rotatable bonds is 6. The molecule has 0 unspecified atom stereocenters. The molecule has 1 N–H and O–H groups in total. The van der Waals surface area contributed by atoms with Crippen molar-refractivity contribution in [2.45, 2.75) is 30.2 Å². The highest BCUT2D eigenvalue weighted by Crippen LogP contribution is 2.37. The number of tetrazole rings is 1. The van der Waals surface area contributed by atoms with Crippen LogP contribution in [0.4, 0.5) is 24.5 Å². The zero-order valence-electron chi connectivity index (χ0n) is 14.1. The number of aromatic nitrogens is 4. The number of alkyl halides is 3. The van der Waals surface area contributed by atoms with Gasteiger partial charge in [-0.2, -0.15) is 13.2 Å². The quantitative estimate of drug-likeness (QED) is 0.770. The molecule has 1 amide bonds. The van der Waals surface area contributed by atoms with Crippen molar-refractivity contribution < 1.29 is 18.0 Å². The summed E-state index contributed by atoms with van der Waals surface area (Å²) in [5, 5.41) is 14.4. The van der Waals surface area contributed by atoms with Gasteiger partial charge >= 0.3 is 6.18 Å². The van der Waals surface area contributed by atoms with E-state index < -0.39 is 17.6 Å². The maximum absolute atomic E-state index is 12.9. The molecule has 2 aromatic rings. The van der Waals surface area contributed by atoms with Crippen LogP contribution in [0, 0.1) is 0 Å². The Bertz CT molecular complexity index is 803. The fourth-order valence-corrected chi connectivity index (χ4v) is 3.09. The smallest absolute Gasteiger partial charge is 0.376 e. The van der Waals surface area contributed by atoms with Crippen LogP contribution in [0.5, 0.6) is 0 Å². The maximum Gasteiger partial charge on any atom is 0.416 e. The molecule has 1 heterocycles. The van der Waals surface area contributed by atoms with Crippen molar-refractivity contribution in [3.05, 3.63) is 23.8 Å². The highest BCUT2D eigenvalue weighted by atomic mass is 32.2. The molecule has 1 fully saturated rings. The Morgan fingerprint density at radius 2 is 2.12 bits per heavy atom. The lowest BCUT2D eigenvalue weighted by atomic mass is 10.1. The lowest BCUT2D eigenvalue weighted by Crippen LogP contribution is -2.19. The molecule has 0 spiro atoms. The van der Waals surface area contributed by atoms with Crippen molar-refractivity contribution in [2.24, 2.45) is 0 Å². The first kappa shape index (κ1) is 18.5. The SMILES string of the molecule is CN(C)c1ccc(C(F)(F)F)cc1NC(=O)CSc1nnnn1C1CC1. The minimum atomic E-state index is -4.48. The van der Waals surface area contributed by atoms with Crippen molar-refractivity contribution in [2.75, 3.05) is 30.1 Å². The van der Waals surface area contributed by atoms with Gasteiger partial charge in [-0.3, -0.25) is 4.79 Å². The lowest BCUT2D eigenvalue weighted by molar-refractivity contribution is -0.137. The minimum absolute atomic E-state index is 0.00376. The number of nitrogens with zero attached hydrogens (tertiary/aromatic N) is 5. The predicted molar refractivity (Wildman–Crippen MR) is 91.2 cm³/mol. The first-order chi connectivity index (χ1) is 12.3. The zero-order chi connectivity index (χ0) is 18.9. The molecule has 0 saturated heterocycles. The normalized spacial score (nSPS) is 14.3. The number of halogens is 3. The summed E-state index contributed by atoms with van der Waals surface area (Å²) < 4.78 is 40.5. The van der Waals surface area contributed by atoms with Gasteiger partial charge in [-0.05, 0) is 41.5 Å². The van der Waals surface area contributed by atoms with E-state index >= 15 is 0 Å².